The van der Waals surface area contributed by atoms with E-state index in [1.807, 2.05) is 24.4 Å². The molecule has 2 aromatic heterocycles. The predicted octanol–water partition coefficient (Wildman–Crippen LogP) is 3.25. The van der Waals surface area contributed by atoms with Gasteiger partial charge in [-0.3, -0.25) is 0 Å². The number of nitriles is 1. The van der Waals surface area contributed by atoms with Crippen molar-refractivity contribution in [1.82, 2.24) is 9.38 Å². The smallest absolute Gasteiger partial charge is 0.166 e. The maximum atomic E-state index is 9.12. The molecule has 0 bridgehead atoms. The highest BCUT2D eigenvalue weighted by atomic mass is 15.0. The standard InChI is InChI=1S/C14H15N3/c15-10-12-13-8-4-5-9-17(13)14(16-12)11-6-2-1-3-7-11/h4-5,8-9,11H,1-3,6-7H2. The van der Waals surface area contributed by atoms with E-state index < -0.39 is 0 Å². The third-order valence-corrected chi connectivity index (χ3v) is 3.65. The Morgan fingerprint density at radius 1 is 1.24 bits per heavy atom. The molecule has 0 aliphatic heterocycles. The second-order valence-electron chi connectivity index (χ2n) is 4.72. The minimum atomic E-state index is 0.528. The first kappa shape index (κ1) is 10.3. The average molecular weight is 225 g/mol. The van der Waals surface area contributed by atoms with Crippen LogP contribution in [0.5, 0.6) is 0 Å². The lowest BCUT2D eigenvalue weighted by molar-refractivity contribution is 0.427. The van der Waals surface area contributed by atoms with Crippen LogP contribution in [-0.2, 0) is 0 Å². The molecule has 1 aliphatic carbocycles. The summed E-state index contributed by atoms with van der Waals surface area (Å²) in [6.07, 6.45) is 8.35. The van der Waals surface area contributed by atoms with Gasteiger partial charge in [0.05, 0.1) is 5.52 Å². The summed E-state index contributed by atoms with van der Waals surface area (Å²) in [6.45, 7) is 0. The normalized spacial score (nSPS) is 17.1. The molecule has 2 aromatic rings. The fraction of sp³-hybridized carbons (Fsp3) is 0.429. The number of hydrogen-bond donors (Lipinski definition) is 0. The van der Waals surface area contributed by atoms with Crippen molar-refractivity contribution in [3.63, 3.8) is 0 Å². The molecule has 0 unspecified atom stereocenters. The van der Waals surface area contributed by atoms with Gasteiger partial charge in [0, 0.05) is 12.1 Å². The number of pyridine rings is 1. The molecule has 3 heteroatoms. The predicted molar refractivity (Wildman–Crippen MR) is 65.7 cm³/mol. The fourth-order valence-electron chi connectivity index (χ4n) is 2.79. The van der Waals surface area contributed by atoms with E-state index in [1.54, 1.807) is 0 Å². The van der Waals surface area contributed by atoms with Crippen molar-refractivity contribution < 1.29 is 0 Å². The van der Waals surface area contributed by atoms with Crippen LogP contribution in [0.2, 0.25) is 0 Å². The van der Waals surface area contributed by atoms with Gasteiger partial charge in [-0.15, -0.1) is 0 Å². The van der Waals surface area contributed by atoms with Gasteiger partial charge >= 0.3 is 0 Å². The molecule has 1 fully saturated rings. The van der Waals surface area contributed by atoms with Crippen LogP contribution in [0.25, 0.3) is 5.52 Å². The maximum Gasteiger partial charge on any atom is 0.166 e. The number of aromatic nitrogens is 2. The lowest BCUT2D eigenvalue weighted by atomic mass is 9.89. The van der Waals surface area contributed by atoms with Gasteiger partial charge in [-0.1, -0.05) is 25.3 Å². The average Bonchev–Trinajstić information content (AvgIpc) is 2.78. The van der Waals surface area contributed by atoms with Crippen molar-refractivity contribution in [2.24, 2.45) is 0 Å². The maximum absolute atomic E-state index is 9.12. The highest BCUT2D eigenvalue weighted by Crippen LogP contribution is 2.32. The Morgan fingerprint density at radius 3 is 2.82 bits per heavy atom. The summed E-state index contributed by atoms with van der Waals surface area (Å²) in [5, 5.41) is 9.12. The van der Waals surface area contributed by atoms with Crippen LogP contribution < -0.4 is 0 Å². The Kier molecular flexibility index (Phi) is 2.56. The lowest BCUT2D eigenvalue weighted by Crippen LogP contribution is -2.08. The van der Waals surface area contributed by atoms with Crippen molar-refractivity contribution >= 4 is 5.52 Å². The summed E-state index contributed by atoms with van der Waals surface area (Å²) in [7, 11) is 0. The number of imidazole rings is 1. The van der Waals surface area contributed by atoms with E-state index in [0.29, 0.717) is 11.6 Å². The molecule has 3 rings (SSSR count). The lowest BCUT2D eigenvalue weighted by Gasteiger charge is -2.20. The minimum Gasteiger partial charge on any atom is -0.302 e. The second-order valence-corrected chi connectivity index (χ2v) is 4.72. The molecule has 0 spiro atoms. The van der Waals surface area contributed by atoms with E-state index in [9.17, 15) is 0 Å². The van der Waals surface area contributed by atoms with Crippen LogP contribution in [0.4, 0.5) is 0 Å². The second kappa shape index (κ2) is 4.21. The Balaban J connectivity index is 2.13. The van der Waals surface area contributed by atoms with E-state index in [-0.39, 0.29) is 0 Å². The molecule has 86 valence electrons. The summed E-state index contributed by atoms with van der Waals surface area (Å²) in [4.78, 5) is 4.53. The summed E-state index contributed by atoms with van der Waals surface area (Å²) in [5.74, 6) is 1.61. The molecule has 0 amide bonds. The highest BCUT2D eigenvalue weighted by molar-refractivity contribution is 5.58. The van der Waals surface area contributed by atoms with E-state index in [1.165, 1.54) is 32.1 Å². The van der Waals surface area contributed by atoms with Gasteiger partial charge in [0.1, 0.15) is 11.9 Å². The van der Waals surface area contributed by atoms with Crippen LogP contribution >= 0.6 is 0 Å². The fourth-order valence-corrected chi connectivity index (χ4v) is 2.79. The molecular weight excluding hydrogens is 210 g/mol. The minimum absolute atomic E-state index is 0.528. The number of fused-ring (bicyclic) bond motifs is 1. The zero-order valence-electron chi connectivity index (χ0n) is 9.76. The van der Waals surface area contributed by atoms with Gasteiger partial charge in [-0.05, 0) is 25.0 Å². The van der Waals surface area contributed by atoms with Gasteiger partial charge in [0.2, 0.25) is 0 Å². The largest absolute Gasteiger partial charge is 0.302 e. The zero-order chi connectivity index (χ0) is 11.7. The van der Waals surface area contributed by atoms with Crippen molar-refractivity contribution in [1.29, 1.82) is 5.26 Å². The zero-order valence-corrected chi connectivity index (χ0v) is 9.76. The quantitative estimate of drug-likeness (QED) is 0.747. The first-order chi connectivity index (χ1) is 8.40. The van der Waals surface area contributed by atoms with Crippen molar-refractivity contribution in [3.8, 4) is 6.07 Å². The molecule has 0 radical (unpaired) electrons. The molecule has 3 nitrogen and oxygen atoms in total. The van der Waals surface area contributed by atoms with Gasteiger partial charge in [-0.2, -0.15) is 5.26 Å². The Bertz CT molecular complexity index is 571. The summed E-state index contributed by atoms with van der Waals surface area (Å²) >= 11 is 0. The summed E-state index contributed by atoms with van der Waals surface area (Å²) in [6, 6.07) is 8.13. The van der Waals surface area contributed by atoms with E-state index in [4.69, 9.17) is 5.26 Å². The summed E-state index contributed by atoms with van der Waals surface area (Å²) < 4.78 is 2.09. The molecular formula is C14H15N3. The van der Waals surface area contributed by atoms with Crippen molar-refractivity contribution in [2.45, 2.75) is 38.0 Å². The SMILES string of the molecule is N#Cc1nc(C2CCCCC2)n2ccccc12. The Morgan fingerprint density at radius 2 is 2.06 bits per heavy atom. The van der Waals surface area contributed by atoms with Gasteiger partial charge in [0.25, 0.3) is 0 Å². The molecule has 0 saturated heterocycles. The van der Waals surface area contributed by atoms with Crippen molar-refractivity contribution in [3.05, 3.63) is 35.9 Å². The van der Waals surface area contributed by atoms with Crippen LogP contribution in [-0.4, -0.2) is 9.38 Å². The van der Waals surface area contributed by atoms with E-state index in [2.05, 4.69) is 15.5 Å². The third-order valence-electron chi connectivity index (χ3n) is 3.65. The monoisotopic (exact) mass is 225 g/mol. The Hall–Kier alpha value is -1.82. The van der Waals surface area contributed by atoms with Gasteiger partial charge in [-0.25, -0.2) is 4.98 Å². The third kappa shape index (κ3) is 1.70. The molecule has 2 heterocycles. The first-order valence-corrected chi connectivity index (χ1v) is 6.27. The van der Waals surface area contributed by atoms with Crippen LogP contribution in [0.15, 0.2) is 24.4 Å². The van der Waals surface area contributed by atoms with Gasteiger partial charge < -0.3 is 4.40 Å². The van der Waals surface area contributed by atoms with E-state index in [0.717, 1.165) is 11.3 Å². The number of hydrogen-bond acceptors (Lipinski definition) is 2. The van der Waals surface area contributed by atoms with Crippen LogP contribution in [0.3, 0.4) is 0 Å². The molecule has 1 saturated carbocycles. The molecule has 17 heavy (non-hydrogen) atoms. The van der Waals surface area contributed by atoms with Crippen LogP contribution in [0, 0.1) is 11.3 Å². The molecule has 1 aliphatic rings. The number of rotatable bonds is 1. The molecule has 0 aromatic carbocycles. The number of nitrogens with zero attached hydrogens (tertiary/aromatic N) is 3. The molecule has 0 N–H and O–H groups in total. The van der Waals surface area contributed by atoms with Crippen LogP contribution in [0.1, 0.15) is 49.5 Å². The van der Waals surface area contributed by atoms with Crippen molar-refractivity contribution in [2.75, 3.05) is 0 Å². The van der Waals surface area contributed by atoms with Gasteiger partial charge in [0.15, 0.2) is 5.69 Å². The molecule has 0 atom stereocenters. The Labute approximate surface area is 101 Å². The van der Waals surface area contributed by atoms with E-state index >= 15 is 0 Å². The first-order valence-electron chi connectivity index (χ1n) is 6.27. The summed E-state index contributed by atoms with van der Waals surface area (Å²) in [5.41, 5.74) is 1.50. The highest BCUT2D eigenvalue weighted by Gasteiger charge is 2.21. The topological polar surface area (TPSA) is 41.1 Å².